The van der Waals surface area contributed by atoms with E-state index in [1.807, 2.05) is 19.1 Å². The number of benzene rings is 2. The fourth-order valence-corrected chi connectivity index (χ4v) is 4.21. The molecule has 10 heteroatoms. The molecule has 1 aromatic heterocycles. The van der Waals surface area contributed by atoms with Gasteiger partial charge in [-0.25, -0.2) is 18.5 Å². The van der Waals surface area contributed by atoms with Crippen molar-refractivity contribution in [2.45, 2.75) is 18.2 Å². The third-order valence-corrected chi connectivity index (χ3v) is 6.13. The van der Waals surface area contributed by atoms with Crippen molar-refractivity contribution in [3.8, 4) is 22.8 Å². The Hall–Kier alpha value is -2.95. The number of ether oxygens (including phenoxy) is 2. The number of sulfonamides is 1. The lowest BCUT2D eigenvalue weighted by molar-refractivity contribution is -0.115. The van der Waals surface area contributed by atoms with Crippen LogP contribution in [0.3, 0.4) is 0 Å². The summed E-state index contributed by atoms with van der Waals surface area (Å²) in [7, 11) is -0.623. The summed E-state index contributed by atoms with van der Waals surface area (Å²) in [6, 6.07) is 11.4. The Morgan fingerprint density at radius 1 is 1.10 bits per heavy atom. The number of nitrogens with two attached hydrogens (primary N) is 1. The van der Waals surface area contributed by atoms with E-state index in [2.05, 4.69) is 10.3 Å². The molecule has 0 aliphatic rings. The van der Waals surface area contributed by atoms with Crippen LogP contribution in [0, 0.1) is 6.92 Å². The van der Waals surface area contributed by atoms with E-state index in [0.717, 1.165) is 16.1 Å². The lowest BCUT2D eigenvalue weighted by atomic mass is 10.1. The number of aromatic nitrogens is 1. The highest BCUT2D eigenvalue weighted by Gasteiger charge is 2.15. The normalized spacial score (nSPS) is 11.2. The number of primary sulfonamides is 1. The number of aryl methyl sites for hydroxylation is 1. The molecule has 0 aliphatic carbocycles. The number of amides is 1. The van der Waals surface area contributed by atoms with Crippen molar-refractivity contribution in [3.05, 3.63) is 52.9 Å². The minimum Gasteiger partial charge on any atom is -0.493 e. The Bertz CT molecular complexity index is 1170. The number of hydrogen-bond acceptors (Lipinski definition) is 7. The first-order chi connectivity index (χ1) is 14.2. The van der Waals surface area contributed by atoms with E-state index >= 15 is 0 Å². The molecule has 0 fully saturated rings. The van der Waals surface area contributed by atoms with Crippen LogP contribution in [0.4, 0.5) is 5.13 Å². The number of anilines is 1. The average Bonchev–Trinajstić information content (AvgIpc) is 3.06. The fraction of sp³-hybridized carbons (Fsp3) is 0.200. The van der Waals surface area contributed by atoms with Crippen molar-refractivity contribution < 1.29 is 22.7 Å². The van der Waals surface area contributed by atoms with Gasteiger partial charge in [-0.05, 0) is 42.8 Å². The smallest absolute Gasteiger partial charge is 0.238 e. The Balaban J connectivity index is 1.73. The zero-order valence-electron chi connectivity index (χ0n) is 16.6. The lowest BCUT2D eigenvalue weighted by Crippen LogP contribution is -2.15. The molecular formula is C20H21N3O5S2. The van der Waals surface area contributed by atoms with Crippen molar-refractivity contribution in [1.29, 1.82) is 0 Å². The maximum atomic E-state index is 12.4. The van der Waals surface area contributed by atoms with E-state index in [1.165, 1.54) is 23.5 Å². The SMILES string of the molecule is COc1ccc(-c2nc(NC(=O)Cc3ccc(S(N)(=O)=O)cc3)sc2C)cc1OC. The summed E-state index contributed by atoms with van der Waals surface area (Å²) in [6.45, 7) is 1.92. The zero-order valence-corrected chi connectivity index (χ0v) is 18.3. The van der Waals surface area contributed by atoms with Gasteiger partial charge in [0.05, 0.1) is 31.2 Å². The lowest BCUT2D eigenvalue weighted by Gasteiger charge is -2.08. The number of nitrogens with zero attached hydrogens (tertiary/aromatic N) is 1. The maximum absolute atomic E-state index is 12.4. The fourth-order valence-electron chi connectivity index (χ4n) is 2.85. The second kappa shape index (κ2) is 8.82. The number of hydrogen-bond donors (Lipinski definition) is 2. The molecule has 3 aromatic rings. The third kappa shape index (κ3) is 4.96. The molecule has 0 unspecified atom stereocenters. The molecule has 0 atom stereocenters. The van der Waals surface area contributed by atoms with Gasteiger partial charge in [0.25, 0.3) is 0 Å². The van der Waals surface area contributed by atoms with Gasteiger partial charge in [-0.15, -0.1) is 11.3 Å². The predicted molar refractivity (Wildman–Crippen MR) is 116 cm³/mol. The second-order valence-corrected chi connectivity index (χ2v) is 9.17. The Kier molecular flexibility index (Phi) is 6.40. The summed E-state index contributed by atoms with van der Waals surface area (Å²) in [4.78, 5) is 17.9. The molecule has 2 aromatic carbocycles. The minimum atomic E-state index is -3.76. The zero-order chi connectivity index (χ0) is 21.9. The second-order valence-electron chi connectivity index (χ2n) is 6.41. The van der Waals surface area contributed by atoms with Gasteiger partial charge in [-0.3, -0.25) is 4.79 Å². The van der Waals surface area contributed by atoms with Crippen molar-refractivity contribution in [3.63, 3.8) is 0 Å². The van der Waals surface area contributed by atoms with E-state index < -0.39 is 10.0 Å². The van der Waals surface area contributed by atoms with Gasteiger partial charge in [-0.1, -0.05) is 12.1 Å². The van der Waals surface area contributed by atoms with Gasteiger partial charge < -0.3 is 14.8 Å². The van der Waals surface area contributed by atoms with Gasteiger partial charge in [-0.2, -0.15) is 0 Å². The molecule has 0 saturated heterocycles. The monoisotopic (exact) mass is 447 g/mol. The number of carbonyl (C=O) groups excluding carboxylic acids is 1. The first-order valence-corrected chi connectivity index (χ1v) is 11.2. The van der Waals surface area contributed by atoms with Gasteiger partial charge in [0.15, 0.2) is 16.6 Å². The molecule has 158 valence electrons. The topological polar surface area (TPSA) is 121 Å². The molecule has 0 spiro atoms. The first kappa shape index (κ1) is 21.8. The number of thiazole rings is 1. The number of methoxy groups -OCH3 is 2. The minimum absolute atomic E-state index is 0.00164. The van der Waals surface area contributed by atoms with E-state index in [-0.39, 0.29) is 17.2 Å². The van der Waals surface area contributed by atoms with E-state index in [1.54, 1.807) is 32.4 Å². The van der Waals surface area contributed by atoms with Crippen LogP contribution in [-0.4, -0.2) is 33.5 Å². The third-order valence-electron chi connectivity index (χ3n) is 4.32. The van der Waals surface area contributed by atoms with Crippen LogP contribution >= 0.6 is 11.3 Å². The van der Waals surface area contributed by atoms with Gasteiger partial charge in [0, 0.05) is 10.4 Å². The van der Waals surface area contributed by atoms with Crippen molar-refractivity contribution >= 4 is 32.4 Å². The van der Waals surface area contributed by atoms with E-state index in [9.17, 15) is 13.2 Å². The molecule has 1 heterocycles. The Labute approximate surface area is 178 Å². The first-order valence-electron chi connectivity index (χ1n) is 8.82. The molecule has 8 nitrogen and oxygen atoms in total. The Morgan fingerprint density at radius 2 is 1.77 bits per heavy atom. The number of nitrogens with one attached hydrogen (secondary N) is 1. The molecule has 1 amide bonds. The molecule has 0 aliphatic heterocycles. The standard InChI is InChI=1S/C20H21N3O5S2/c1-12-19(14-6-9-16(27-2)17(11-14)28-3)23-20(29-12)22-18(24)10-13-4-7-15(8-5-13)30(21,25)26/h4-9,11H,10H2,1-3H3,(H2,21,25,26)(H,22,23,24). The van der Waals surface area contributed by atoms with Crippen molar-refractivity contribution in [1.82, 2.24) is 4.98 Å². The molecule has 0 radical (unpaired) electrons. The number of carbonyl (C=O) groups is 1. The predicted octanol–water partition coefficient (Wildman–Crippen LogP) is 2.96. The van der Waals surface area contributed by atoms with Crippen LogP contribution in [-0.2, 0) is 21.2 Å². The van der Waals surface area contributed by atoms with Crippen LogP contribution in [0.5, 0.6) is 11.5 Å². The highest BCUT2D eigenvalue weighted by molar-refractivity contribution is 7.89. The quantitative estimate of drug-likeness (QED) is 0.574. The molecule has 30 heavy (non-hydrogen) atoms. The maximum Gasteiger partial charge on any atom is 0.238 e. The average molecular weight is 448 g/mol. The van der Waals surface area contributed by atoms with Crippen LogP contribution in [0.1, 0.15) is 10.4 Å². The summed E-state index contributed by atoms with van der Waals surface area (Å²) in [5.41, 5.74) is 2.25. The largest absolute Gasteiger partial charge is 0.493 e. The Morgan fingerprint density at radius 3 is 2.37 bits per heavy atom. The van der Waals surface area contributed by atoms with Crippen LogP contribution < -0.4 is 19.9 Å². The highest BCUT2D eigenvalue weighted by Crippen LogP contribution is 2.36. The molecule has 3 rings (SSSR count). The van der Waals surface area contributed by atoms with Gasteiger partial charge in [0.1, 0.15) is 0 Å². The summed E-state index contributed by atoms with van der Waals surface area (Å²) in [6.07, 6.45) is 0.0786. The van der Waals surface area contributed by atoms with E-state index in [4.69, 9.17) is 14.6 Å². The van der Waals surface area contributed by atoms with Crippen LogP contribution in [0.15, 0.2) is 47.4 Å². The molecule has 0 saturated carbocycles. The van der Waals surface area contributed by atoms with E-state index in [0.29, 0.717) is 22.2 Å². The summed E-state index contributed by atoms with van der Waals surface area (Å²) >= 11 is 1.37. The summed E-state index contributed by atoms with van der Waals surface area (Å²) < 4.78 is 33.2. The van der Waals surface area contributed by atoms with Crippen LogP contribution in [0.2, 0.25) is 0 Å². The highest BCUT2D eigenvalue weighted by atomic mass is 32.2. The summed E-state index contributed by atoms with van der Waals surface area (Å²) in [5.74, 6) is 0.956. The number of rotatable bonds is 7. The van der Waals surface area contributed by atoms with Gasteiger partial charge >= 0.3 is 0 Å². The van der Waals surface area contributed by atoms with Crippen molar-refractivity contribution in [2.75, 3.05) is 19.5 Å². The molecular weight excluding hydrogens is 426 g/mol. The summed E-state index contributed by atoms with van der Waals surface area (Å²) in [5, 5.41) is 8.34. The molecule has 3 N–H and O–H groups in total. The molecule has 0 bridgehead atoms. The van der Waals surface area contributed by atoms with Crippen LogP contribution in [0.25, 0.3) is 11.3 Å². The van der Waals surface area contributed by atoms with Gasteiger partial charge in [0.2, 0.25) is 15.9 Å². The van der Waals surface area contributed by atoms with Crippen molar-refractivity contribution in [2.24, 2.45) is 5.14 Å².